The topological polar surface area (TPSA) is 0 Å². The zero-order chi connectivity index (χ0) is 33.7. The van der Waals surface area contributed by atoms with Crippen molar-refractivity contribution in [1.82, 2.24) is 0 Å². The van der Waals surface area contributed by atoms with Crippen LogP contribution < -0.4 is 0 Å². The molecule has 280 valence electrons. The average Bonchev–Trinajstić information content (AvgIpc) is 3.06. The Morgan fingerprint density at radius 1 is 0.217 bits per heavy atom. The third-order valence-electron chi connectivity index (χ3n) is 11.3. The van der Waals surface area contributed by atoms with Gasteiger partial charge in [-0.05, 0) is 0 Å². The number of hydrogen-bond donors (Lipinski definition) is 0. The summed E-state index contributed by atoms with van der Waals surface area (Å²) in [6, 6.07) is 0. The van der Waals surface area contributed by atoms with Crippen molar-refractivity contribution < 1.29 is 0 Å². The molecule has 0 unspecified atom stereocenters. The summed E-state index contributed by atoms with van der Waals surface area (Å²) in [5, 5.41) is 0. The molecular formula is C44H92IP. The Kier molecular flexibility index (Phi) is 36.9. The van der Waals surface area contributed by atoms with Gasteiger partial charge in [0.1, 0.15) is 0 Å². The summed E-state index contributed by atoms with van der Waals surface area (Å²) in [5.41, 5.74) is 0. The summed E-state index contributed by atoms with van der Waals surface area (Å²) >= 11 is 3.19. The molecule has 0 aliphatic heterocycles. The molecule has 0 N–H and O–H groups in total. The molecule has 0 aromatic rings. The molecule has 0 saturated heterocycles. The fraction of sp³-hybridized carbons (Fsp3) is 1.00. The summed E-state index contributed by atoms with van der Waals surface area (Å²) < 4.78 is -1.58. The average molecular weight is 779 g/mol. The summed E-state index contributed by atoms with van der Waals surface area (Å²) in [6.07, 6.45) is 59.7. The van der Waals surface area contributed by atoms with Crippen LogP contribution in [0.2, 0.25) is 0 Å². The van der Waals surface area contributed by atoms with Gasteiger partial charge in [-0.15, -0.1) is 0 Å². The van der Waals surface area contributed by atoms with Crippen molar-refractivity contribution in [2.45, 2.75) is 259 Å². The molecule has 0 radical (unpaired) electrons. The standard InChI is InChI=1S/C44H92IP/c1-5-9-13-15-17-19-21-23-25-27-29-31-33-35-37-39-43-46(45,41-11-7-3,42-12-8-4)44-40-38-36-34-32-30-28-26-24-22-20-18-16-14-10-6-2/h5-44H2,1-4H3. The molecule has 0 nitrogen and oxygen atoms in total. The molecule has 2 heteroatoms. The minimum absolute atomic E-state index is 1.37. The Morgan fingerprint density at radius 2 is 0.370 bits per heavy atom. The van der Waals surface area contributed by atoms with Crippen LogP contribution in [0.5, 0.6) is 0 Å². The quantitative estimate of drug-likeness (QED) is 0.0330. The number of halogens is 1. The van der Waals surface area contributed by atoms with Crippen LogP contribution in [0.3, 0.4) is 0 Å². The predicted octanol–water partition coefficient (Wildman–Crippen LogP) is 18.0. The number of rotatable bonds is 40. The zero-order valence-corrected chi connectivity index (χ0v) is 36.2. The van der Waals surface area contributed by atoms with E-state index < -0.39 is 4.25 Å². The van der Waals surface area contributed by atoms with Crippen molar-refractivity contribution >= 4 is 26.3 Å². The summed E-state index contributed by atoms with van der Waals surface area (Å²) in [5.74, 6) is 0. The molecule has 0 bridgehead atoms. The van der Waals surface area contributed by atoms with Crippen molar-refractivity contribution in [3.63, 3.8) is 0 Å². The van der Waals surface area contributed by atoms with E-state index in [2.05, 4.69) is 49.7 Å². The van der Waals surface area contributed by atoms with Gasteiger partial charge in [-0.1, -0.05) is 78.1 Å². The smallest absolute Gasteiger partial charge is 0.0654 e. The van der Waals surface area contributed by atoms with Crippen molar-refractivity contribution in [3.8, 4) is 0 Å². The van der Waals surface area contributed by atoms with Crippen LogP contribution in [0.15, 0.2) is 0 Å². The predicted molar refractivity (Wildman–Crippen MR) is 229 cm³/mol. The second kappa shape index (κ2) is 36.0. The molecular weight excluding hydrogens is 686 g/mol. The van der Waals surface area contributed by atoms with Crippen LogP contribution in [-0.4, -0.2) is 24.6 Å². The third-order valence-corrected chi connectivity index (χ3v) is 22.8. The molecule has 0 atom stereocenters. The van der Waals surface area contributed by atoms with E-state index in [1.807, 2.05) is 0 Å². The molecule has 0 rings (SSSR count). The van der Waals surface area contributed by atoms with Gasteiger partial charge in [0.15, 0.2) is 0 Å². The first-order valence-corrected chi connectivity index (χ1v) is 28.0. The van der Waals surface area contributed by atoms with Crippen molar-refractivity contribution in [2.75, 3.05) is 24.6 Å². The number of hydrogen-bond acceptors (Lipinski definition) is 0. The van der Waals surface area contributed by atoms with E-state index in [0.29, 0.717) is 0 Å². The molecule has 0 aromatic heterocycles. The van der Waals surface area contributed by atoms with E-state index in [-0.39, 0.29) is 0 Å². The van der Waals surface area contributed by atoms with Crippen molar-refractivity contribution in [3.05, 3.63) is 0 Å². The van der Waals surface area contributed by atoms with Crippen LogP contribution >= 0.6 is 26.3 Å². The Bertz CT molecular complexity index is 526. The SMILES string of the molecule is CCCCCCCCCCCCCCCCCCP(I)(CCCC)(CCCC)CCCCCCCCCCCCCCCCCC. The van der Waals surface area contributed by atoms with Gasteiger partial charge in [0.05, 0.1) is 0 Å². The van der Waals surface area contributed by atoms with E-state index in [4.69, 9.17) is 0 Å². The Morgan fingerprint density at radius 3 is 0.565 bits per heavy atom. The third kappa shape index (κ3) is 31.2. The van der Waals surface area contributed by atoms with E-state index in [9.17, 15) is 0 Å². The minimum Gasteiger partial charge on any atom is -0.0654 e. The van der Waals surface area contributed by atoms with Gasteiger partial charge in [-0.2, -0.15) is 0 Å². The maximum absolute atomic E-state index is 3.19. The molecule has 0 aliphatic carbocycles. The molecule has 0 spiro atoms. The first kappa shape index (κ1) is 47.2. The second-order valence-electron chi connectivity index (χ2n) is 16.0. The monoisotopic (exact) mass is 779 g/mol. The fourth-order valence-corrected chi connectivity index (χ4v) is 17.6. The van der Waals surface area contributed by atoms with E-state index in [1.54, 1.807) is 24.6 Å². The molecule has 0 aromatic carbocycles. The maximum atomic E-state index is 3.19. The van der Waals surface area contributed by atoms with Gasteiger partial charge >= 0.3 is 232 Å². The van der Waals surface area contributed by atoms with Crippen LogP contribution in [-0.2, 0) is 0 Å². The van der Waals surface area contributed by atoms with Gasteiger partial charge < -0.3 is 0 Å². The van der Waals surface area contributed by atoms with E-state index in [1.165, 1.54) is 231 Å². The van der Waals surface area contributed by atoms with Gasteiger partial charge in [0, 0.05) is 0 Å². The van der Waals surface area contributed by atoms with Gasteiger partial charge in [0.2, 0.25) is 0 Å². The Balaban J connectivity index is 4.07. The van der Waals surface area contributed by atoms with Crippen LogP contribution in [0.1, 0.15) is 259 Å². The second-order valence-corrected chi connectivity index (χ2v) is 29.6. The molecule has 0 saturated carbocycles. The Hall–Kier alpha value is 1.16. The normalized spacial score (nSPS) is 12.9. The molecule has 0 fully saturated rings. The van der Waals surface area contributed by atoms with Gasteiger partial charge in [-0.3, -0.25) is 0 Å². The van der Waals surface area contributed by atoms with E-state index >= 15 is 0 Å². The first-order chi connectivity index (χ1) is 22.5. The van der Waals surface area contributed by atoms with Gasteiger partial charge in [0.25, 0.3) is 0 Å². The summed E-state index contributed by atoms with van der Waals surface area (Å²) in [7, 11) is 0. The minimum atomic E-state index is -1.58. The molecule has 0 aliphatic rings. The van der Waals surface area contributed by atoms with Crippen LogP contribution in [0.25, 0.3) is 0 Å². The van der Waals surface area contributed by atoms with Crippen molar-refractivity contribution in [2.24, 2.45) is 0 Å². The summed E-state index contributed by atoms with van der Waals surface area (Å²) in [6.45, 7) is 9.50. The zero-order valence-electron chi connectivity index (χ0n) is 33.1. The van der Waals surface area contributed by atoms with E-state index in [0.717, 1.165) is 0 Å². The Labute approximate surface area is 308 Å². The first-order valence-electron chi connectivity index (χ1n) is 22.3. The van der Waals surface area contributed by atoms with Crippen LogP contribution in [0.4, 0.5) is 0 Å². The molecule has 0 amide bonds. The van der Waals surface area contributed by atoms with Crippen molar-refractivity contribution in [1.29, 1.82) is 0 Å². The van der Waals surface area contributed by atoms with Gasteiger partial charge in [-0.25, -0.2) is 0 Å². The molecule has 46 heavy (non-hydrogen) atoms. The summed E-state index contributed by atoms with van der Waals surface area (Å²) in [4.78, 5) is 0. The fourth-order valence-electron chi connectivity index (χ4n) is 7.89. The van der Waals surface area contributed by atoms with Crippen LogP contribution in [0, 0.1) is 0 Å². The molecule has 0 heterocycles. The number of unbranched alkanes of at least 4 members (excludes halogenated alkanes) is 32.